The maximum Gasteiger partial charge on any atom is 0.0950 e. The fourth-order valence-corrected chi connectivity index (χ4v) is 1.96. The molecule has 0 saturated carbocycles. The maximum absolute atomic E-state index is 5.09. The van der Waals surface area contributed by atoms with Crippen molar-refractivity contribution in [1.82, 2.24) is 4.90 Å². The average Bonchev–Trinajstić information content (AvgIpc) is 2.57. The van der Waals surface area contributed by atoms with Gasteiger partial charge in [-0.3, -0.25) is 4.90 Å². The Hall–Kier alpha value is -0.760. The van der Waals surface area contributed by atoms with Crippen molar-refractivity contribution in [2.24, 2.45) is 0 Å². The van der Waals surface area contributed by atoms with E-state index in [1.807, 2.05) is 6.26 Å². The van der Waals surface area contributed by atoms with Gasteiger partial charge < -0.3 is 4.42 Å². The van der Waals surface area contributed by atoms with Crippen molar-refractivity contribution in [3.05, 3.63) is 24.2 Å². The zero-order chi connectivity index (χ0) is 8.39. The van der Waals surface area contributed by atoms with E-state index in [2.05, 4.69) is 18.0 Å². The molecule has 1 aromatic rings. The molecule has 0 amide bonds. The SMILES string of the molecule is CN1CCCC[C@@H]1c1ccoc1. The van der Waals surface area contributed by atoms with Gasteiger partial charge in [-0.2, -0.15) is 0 Å². The van der Waals surface area contributed by atoms with Crippen LogP contribution in [0.5, 0.6) is 0 Å². The Kier molecular flexibility index (Phi) is 2.17. The molecule has 0 unspecified atom stereocenters. The lowest BCUT2D eigenvalue weighted by Gasteiger charge is -2.31. The summed E-state index contributed by atoms with van der Waals surface area (Å²) in [5.74, 6) is 0. The van der Waals surface area contributed by atoms with E-state index in [1.165, 1.54) is 31.4 Å². The molecule has 1 aliphatic rings. The Morgan fingerprint density at radius 3 is 3.08 bits per heavy atom. The molecule has 1 fully saturated rings. The van der Waals surface area contributed by atoms with Gasteiger partial charge in [-0.15, -0.1) is 0 Å². The zero-order valence-corrected chi connectivity index (χ0v) is 7.49. The van der Waals surface area contributed by atoms with Gasteiger partial charge in [0, 0.05) is 11.6 Å². The molecule has 2 heteroatoms. The second-order valence-corrected chi connectivity index (χ2v) is 3.55. The van der Waals surface area contributed by atoms with Crippen molar-refractivity contribution in [2.45, 2.75) is 25.3 Å². The first-order valence-corrected chi connectivity index (χ1v) is 4.60. The Labute approximate surface area is 73.2 Å². The van der Waals surface area contributed by atoms with Crippen LogP contribution in [0.15, 0.2) is 23.0 Å². The van der Waals surface area contributed by atoms with Crippen LogP contribution in [0.3, 0.4) is 0 Å². The van der Waals surface area contributed by atoms with Gasteiger partial charge in [0.15, 0.2) is 0 Å². The van der Waals surface area contributed by atoms with Gasteiger partial charge in [0.1, 0.15) is 0 Å². The quantitative estimate of drug-likeness (QED) is 0.635. The molecule has 0 N–H and O–H groups in total. The fraction of sp³-hybridized carbons (Fsp3) is 0.600. The standard InChI is InChI=1S/C10H15NO/c1-11-6-3-2-4-10(11)9-5-7-12-8-9/h5,7-8,10H,2-4,6H2,1H3/t10-/m1/s1. The second kappa shape index (κ2) is 3.31. The Morgan fingerprint density at radius 2 is 2.42 bits per heavy atom. The number of furan rings is 1. The van der Waals surface area contributed by atoms with Crippen molar-refractivity contribution >= 4 is 0 Å². The highest BCUT2D eigenvalue weighted by atomic mass is 16.3. The minimum atomic E-state index is 0.595. The minimum Gasteiger partial charge on any atom is -0.472 e. The highest BCUT2D eigenvalue weighted by Gasteiger charge is 2.20. The van der Waals surface area contributed by atoms with Gasteiger partial charge in [-0.1, -0.05) is 6.42 Å². The first-order chi connectivity index (χ1) is 5.88. The van der Waals surface area contributed by atoms with E-state index in [4.69, 9.17) is 4.42 Å². The molecular weight excluding hydrogens is 150 g/mol. The van der Waals surface area contributed by atoms with Gasteiger partial charge in [-0.05, 0) is 32.5 Å². The zero-order valence-electron chi connectivity index (χ0n) is 7.49. The average molecular weight is 165 g/mol. The number of nitrogens with zero attached hydrogens (tertiary/aromatic N) is 1. The van der Waals surface area contributed by atoms with Crippen molar-refractivity contribution < 1.29 is 4.42 Å². The van der Waals surface area contributed by atoms with E-state index in [-0.39, 0.29) is 0 Å². The molecule has 1 aromatic heterocycles. The normalized spacial score (nSPS) is 25.9. The highest BCUT2D eigenvalue weighted by Crippen LogP contribution is 2.29. The number of piperidine rings is 1. The molecule has 1 atom stereocenters. The molecule has 1 aliphatic heterocycles. The van der Waals surface area contributed by atoms with Crippen LogP contribution in [-0.4, -0.2) is 18.5 Å². The Morgan fingerprint density at radius 1 is 1.50 bits per heavy atom. The van der Waals surface area contributed by atoms with E-state index >= 15 is 0 Å². The molecule has 2 rings (SSSR count). The maximum atomic E-state index is 5.09. The summed E-state index contributed by atoms with van der Waals surface area (Å²) in [6.45, 7) is 1.22. The van der Waals surface area contributed by atoms with Crippen LogP contribution in [0.2, 0.25) is 0 Å². The van der Waals surface area contributed by atoms with Crippen LogP contribution in [-0.2, 0) is 0 Å². The molecule has 12 heavy (non-hydrogen) atoms. The van der Waals surface area contributed by atoms with Crippen LogP contribution in [0.1, 0.15) is 30.9 Å². The molecule has 2 heterocycles. The van der Waals surface area contributed by atoms with Gasteiger partial charge >= 0.3 is 0 Å². The molecule has 0 radical (unpaired) electrons. The van der Waals surface area contributed by atoms with Crippen LogP contribution in [0.4, 0.5) is 0 Å². The van der Waals surface area contributed by atoms with Gasteiger partial charge in [0.25, 0.3) is 0 Å². The summed E-state index contributed by atoms with van der Waals surface area (Å²) in [5, 5.41) is 0. The summed E-state index contributed by atoms with van der Waals surface area (Å²) < 4.78 is 5.09. The summed E-state index contributed by atoms with van der Waals surface area (Å²) in [7, 11) is 2.19. The predicted molar refractivity (Wildman–Crippen MR) is 47.9 cm³/mol. The minimum absolute atomic E-state index is 0.595. The number of hydrogen-bond acceptors (Lipinski definition) is 2. The van der Waals surface area contributed by atoms with E-state index in [0.717, 1.165) is 0 Å². The molecule has 2 nitrogen and oxygen atoms in total. The third-order valence-corrected chi connectivity index (χ3v) is 2.70. The predicted octanol–water partition coefficient (Wildman–Crippen LogP) is 2.44. The van der Waals surface area contributed by atoms with Crippen LogP contribution >= 0.6 is 0 Å². The van der Waals surface area contributed by atoms with Gasteiger partial charge in [-0.25, -0.2) is 0 Å². The molecule has 0 aromatic carbocycles. The van der Waals surface area contributed by atoms with E-state index in [9.17, 15) is 0 Å². The van der Waals surface area contributed by atoms with E-state index in [1.54, 1.807) is 6.26 Å². The van der Waals surface area contributed by atoms with Crippen LogP contribution in [0, 0.1) is 0 Å². The largest absolute Gasteiger partial charge is 0.472 e. The summed E-state index contributed by atoms with van der Waals surface area (Å²) in [6.07, 6.45) is 7.59. The van der Waals surface area contributed by atoms with Gasteiger partial charge in [0.2, 0.25) is 0 Å². The van der Waals surface area contributed by atoms with Crippen molar-refractivity contribution in [3.8, 4) is 0 Å². The first kappa shape index (κ1) is 7.87. The van der Waals surface area contributed by atoms with Crippen LogP contribution in [0.25, 0.3) is 0 Å². The molecule has 1 saturated heterocycles. The van der Waals surface area contributed by atoms with Crippen molar-refractivity contribution in [2.75, 3.05) is 13.6 Å². The molecule has 0 aliphatic carbocycles. The van der Waals surface area contributed by atoms with Crippen molar-refractivity contribution in [3.63, 3.8) is 0 Å². The summed E-state index contributed by atoms with van der Waals surface area (Å²) in [5.41, 5.74) is 1.33. The topological polar surface area (TPSA) is 16.4 Å². The number of rotatable bonds is 1. The Balaban J connectivity index is 2.11. The summed E-state index contributed by atoms with van der Waals surface area (Å²) in [4.78, 5) is 2.41. The smallest absolute Gasteiger partial charge is 0.0950 e. The van der Waals surface area contributed by atoms with Crippen molar-refractivity contribution in [1.29, 1.82) is 0 Å². The molecular formula is C10H15NO. The monoisotopic (exact) mass is 165 g/mol. The number of likely N-dealkylation sites (tertiary alicyclic amines) is 1. The second-order valence-electron chi connectivity index (χ2n) is 3.55. The lowest BCUT2D eigenvalue weighted by Crippen LogP contribution is -2.29. The highest BCUT2D eigenvalue weighted by molar-refractivity contribution is 5.12. The molecule has 0 bridgehead atoms. The third kappa shape index (κ3) is 1.39. The lowest BCUT2D eigenvalue weighted by atomic mass is 9.98. The van der Waals surface area contributed by atoms with E-state index < -0.39 is 0 Å². The lowest BCUT2D eigenvalue weighted by molar-refractivity contribution is 0.186. The molecule has 66 valence electrons. The first-order valence-electron chi connectivity index (χ1n) is 4.60. The Bertz CT molecular complexity index is 230. The van der Waals surface area contributed by atoms with Gasteiger partial charge in [0.05, 0.1) is 12.5 Å². The third-order valence-electron chi connectivity index (χ3n) is 2.70. The molecule has 0 spiro atoms. The fourth-order valence-electron chi connectivity index (χ4n) is 1.96. The summed E-state index contributed by atoms with van der Waals surface area (Å²) >= 11 is 0. The number of hydrogen-bond donors (Lipinski definition) is 0. The van der Waals surface area contributed by atoms with E-state index in [0.29, 0.717) is 6.04 Å². The summed E-state index contributed by atoms with van der Waals surface area (Å²) in [6, 6.07) is 2.67. The van der Waals surface area contributed by atoms with Crippen LogP contribution < -0.4 is 0 Å².